The van der Waals surface area contributed by atoms with Crippen molar-refractivity contribution in [1.29, 1.82) is 0 Å². The first kappa shape index (κ1) is 14.2. The summed E-state index contributed by atoms with van der Waals surface area (Å²) in [5, 5.41) is 0. The minimum absolute atomic E-state index is 0.568. The van der Waals surface area contributed by atoms with Crippen molar-refractivity contribution in [3.8, 4) is 0 Å². The van der Waals surface area contributed by atoms with Crippen LogP contribution in [0.2, 0.25) is 0 Å². The standard InChI is InChI=1S/C15H21BrClN/c1-2-12-4-3-8-18(9-7-12)14-6-5-13(11-17)15(16)10-14/h5-6,10,12H,2-4,7-9,11H2,1H3. The molecular formula is C15H21BrClN. The Bertz CT molecular complexity index is 394. The summed E-state index contributed by atoms with van der Waals surface area (Å²) in [5.74, 6) is 1.49. The molecule has 100 valence electrons. The Kier molecular flexibility index (Phi) is 5.38. The third-order valence-corrected chi connectivity index (χ3v) is 5.00. The minimum atomic E-state index is 0.568. The Morgan fingerprint density at radius 3 is 2.83 bits per heavy atom. The van der Waals surface area contributed by atoms with Gasteiger partial charge in [-0.2, -0.15) is 0 Å². The van der Waals surface area contributed by atoms with Gasteiger partial charge < -0.3 is 4.90 Å². The quantitative estimate of drug-likeness (QED) is 0.688. The summed E-state index contributed by atoms with van der Waals surface area (Å²) in [4.78, 5) is 2.51. The Balaban J connectivity index is 2.09. The number of hydrogen-bond donors (Lipinski definition) is 0. The topological polar surface area (TPSA) is 3.24 Å². The maximum Gasteiger partial charge on any atom is 0.0485 e. The van der Waals surface area contributed by atoms with Gasteiger partial charge in [0.05, 0.1) is 0 Å². The molecule has 1 aliphatic heterocycles. The summed E-state index contributed by atoms with van der Waals surface area (Å²) >= 11 is 9.50. The van der Waals surface area contributed by atoms with E-state index in [0.29, 0.717) is 5.88 Å². The predicted octanol–water partition coefficient (Wildman–Crippen LogP) is 5.20. The number of nitrogens with zero attached hydrogens (tertiary/aromatic N) is 1. The summed E-state index contributed by atoms with van der Waals surface area (Å²) in [7, 11) is 0. The summed E-state index contributed by atoms with van der Waals surface area (Å²) in [6.07, 6.45) is 5.34. The number of anilines is 1. The molecule has 2 rings (SSSR count). The molecule has 1 aromatic carbocycles. The van der Waals surface area contributed by atoms with Crippen LogP contribution in [0.15, 0.2) is 22.7 Å². The van der Waals surface area contributed by atoms with E-state index in [9.17, 15) is 0 Å². The van der Waals surface area contributed by atoms with E-state index in [2.05, 4.69) is 46.0 Å². The van der Waals surface area contributed by atoms with Crippen LogP contribution in [0.4, 0.5) is 5.69 Å². The fraction of sp³-hybridized carbons (Fsp3) is 0.600. The maximum atomic E-state index is 5.89. The number of alkyl halides is 1. The van der Waals surface area contributed by atoms with Gasteiger partial charge in [-0.1, -0.05) is 35.3 Å². The average molecular weight is 331 g/mol. The molecule has 1 nitrogen and oxygen atoms in total. The van der Waals surface area contributed by atoms with E-state index in [-0.39, 0.29) is 0 Å². The highest BCUT2D eigenvalue weighted by molar-refractivity contribution is 9.10. The summed E-state index contributed by atoms with van der Waals surface area (Å²) in [5.41, 5.74) is 2.49. The molecule has 1 aliphatic rings. The number of rotatable bonds is 3. The maximum absolute atomic E-state index is 5.89. The van der Waals surface area contributed by atoms with Gasteiger partial charge >= 0.3 is 0 Å². The summed E-state index contributed by atoms with van der Waals surface area (Å²) < 4.78 is 1.13. The summed E-state index contributed by atoms with van der Waals surface area (Å²) in [6.45, 7) is 4.68. The van der Waals surface area contributed by atoms with Gasteiger partial charge in [-0.3, -0.25) is 0 Å². The molecule has 0 spiro atoms. The second-order valence-electron chi connectivity index (χ2n) is 5.10. The van der Waals surface area contributed by atoms with Crippen molar-refractivity contribution in [3.05, 3.63) is 28.2 Å². The Morgan fingerprint density at radius 2 is 2.17 bits per heavy atom. The zero-order valence-electron chi connectivity index (χ0n) is 11.0. The van der Waals surface area contributed by atoms with Crippen molar-refractivity contribution in [2.45, 2.75) is 38.5 Å². The van der Waals surface area contributed by atoms with Crippen LogP contribution in [0.1, 0.15) is 38.2 Å². The Labute approximate surface area is 124 Å². The molecule has 0 aliphatic carbocycles. The zero-order chi connectivity index (χ0) is 13.0. The first-order valence-corrected chi connectivity index (χ1v) is 8.16. The molecule has 3 heteroatoms. The van der Waals surface area contributed by atoms with Gasteiger partial charge in [0.25, 0.3) is 0 Å². The summed E-state index contributed by atoms with van der Waals surface area (Å²) in [6, 6.07) is 6.55. The van der Waals surface area contributed by atoms with Crippen molar-refractivity contribution < 1.29 is 0 Å². The lowest BCUT2D eigenvalue weighted by Crippen LogP contribution is -2.24. The van der Waals surface area contributed by atoms with Crippen LogP contribution < -0.4 is 4.90 Å². The van der Waals surface area contributed by atoms with Crippen molar-refractivity contribution in [1.82, 2.24) is 0 Å². The first-order chi connectivity index (χ1) is 8.74. The van der Waals surface area contributed by atoms with E-state index in [4.69, 9.17) is 11.6 Å². The molecule has 1 saturated heterocycles. The molecule has 0 saturated carbocycles. The minimum Gasteiger partial charge on any atom is -0.371 e. The SMILES string of the molecule is CCC1CCCN(c2ccc(CCl)c(Br)c2)CC1. The molecular weight excluding hydrogens is 310 g/mol. The second-order valence-corrected chi connectivity index (χ2v) is 6.22. The van der Waals surface area contributed by atoms with E-state index in [1.165, 1.54) is 50.0 Å². The zero-order valence-corrected chi connectivity index (χ0v) is 13.3. The molecule has 0 aromatic heterocycles. The molecule has 1 fully saturated rings. The van der Waals surface area contributed by atoms with E-state index in [0.717, 1.165) is 10.4 Å². The van der Waals surface area contributed by atoms with Crippen LogP contribution >= 0.6 is 27.5 Å². The lowest BCUT2D eigenvalue weighted by molar-refractivity contribution is 0.459. The van der Waals surface area contributed by atoms with Crippen LogP contribution in [0, 0.1) is 5.92 Å². The van der Waals surface area contributed by atoms with E-state index < -0.39 is 0 Å². The fourth-order valence-electron chi connectivity index (χ4n) is 2.67. The molecule has 0 amide bonds. The lowest BCUT2D eigenvalue weighted by Gasteiger charge is -2.23. The highest BCUT2D eigenvalue weighted by Gasteiger charge is 2.16. The van der Waals surface area contributed by atoms with Crippen molar-refractivity contribution in [2.24, 2.45) is 5.92 Å². The lowest BCUT2D eigenvalue weighted by atomic mass is 9.98. The van der Waals surface area contributed by atoms with Gasteiger partial charge in [0.2, 0.25) is 0 Å². The Hall–Kier alpha value is -0.210. The number of hydrogen-bond acceptors (Lipinski definition) is 1. The number of benzene rings is 1. The van der Waals surface area contributed by atoms with Crippen LogP contribution in [0.3, 0.4) is 0 Å². The highest BCUT2D eigenvalue weighted by atomic mass is 79.9. The van der Waals surface area contributed by atoms with Gasteiger partial charge in [0.1, 0.15) is 0 Å². The van der Waals surface area contributed by atoms with Gasteiger partial charge in [0, 0.05) is 29.1 Å². The fourth-order valence-corrected chi connectivity index (χ4v) is 3.57. The van der Waals surface area contributed by atoms with Crippen LogP contribution in [-0.4, -0.2) is 13.1 Å². The molecule has 18 heavy (non-hydrogen) atoms. The Morgan fingerprint density at radius 1 is 1.33 bits per heavy atom. The molecule has 0 bridgehead atoms. The van der Waals surface area contributed by atoms with Crippen LogP contribution in [0.5, 0.6) is 0 Å². The molecule has 0 radical (unpaired) electrons. The van der Waals surface area contributed by atoms with Gasteiger partial charge in [0.15, 0.2) is 0 Å². The van der Waals surface area contributed by atoms with E-state index >= 15 is 0 Å². The van der Waals surface area contributed by atoms with Crippen molar-refractivity contribution in [3.63, 3.8) is 0 Å². The molecule has 1 aromatic rings. The van der Waals surface area contributed by atoms with Gasteiger partial charge in [-0.05, 0) is 42.9 Å². The van der Waals surface area contributed by atoms with E-state index in [1.807, 2.05) is 0 Å². The smallest absolute Gasteiger partial charge is 0.0485 e. The monoisotopic (exact) mass is 329 g/mol. The molecule has 1 unspecified atom stereocenters. The van der Waals surface area contributed by atoms with Gasteiger partial charge in [-0.25, -0.2) is 0 Å². The third kappa shape index (κ3) is 3.42. The van der Waals surface area contributed by atoms with Crippen LogP contribution in [0.25, 0.3) is 0 Å². The van der Waals surface area contributed by atoms with Gasteiger partial charge in [-0.15, -0.1) is 11.6 Å². The third-order valence-electron chi connectivity index (χ3n) is 3.97. The normalized spacial score (nSPS) is 20.8. The van der Waals surface area contributed by atoms with Crippen molar-refractivity contribution >= 4 is 33.2 Å². The first-order valence-electron chi connectivity index (χ1n) is 6.84. The second kappa shape index (κ2) is 6.81. The van der Waals surface area contributed by atoms with E-state index in [1.54, 1.807) is 0 Å². The molecule has 1 atom stereocenters. The van der Waals surface area contributed by atoms with Crippen molar-refractivity contribution in [2.75, 3.05) is 18.0 Å². The molecule has 0 N–H and O–H groups in total. The van der Waals surface area contributed by atoms with Crippen LogP contribution in [-0.2, 0) is 5.88 Å². The average Bonchev–Trinajstić information content (AvgIpc) is 2.63. The highest BCUT2D eigenvalue weighted by Crippen LogP contribution is 2.28. The predicted molar refractivity (Wildman–Crippen MR) is 83.5 cm³/mol. The number of halogens is 2. The molecule has 1 heterocycles. The largest absolute Gasteiger partial charge is 0.371 e.